The number of halogens is 2. The predicted octanol–water partition coefficient (Wildman–Crippen LogP) is 2.66. The third-order valence-electron chi connectivity index (χ3n) is 2.69. The van der Waals surface area contributed by atoms with E-state index < -0.39 is 5.67 Å². The molecule has 0 spiro atoms. The van der Waals surface area contributed by atoms with E-state index in [1.54, 1.807) is 0 Å². The standard InChI is InChI=1S/C11H14FN.ClH/c12-11(6-8-13-9-7-11)10-4-2-1-3-5-10;/h1-5,13H,6-9H2;1H. The monoisotopic (exact) mass is 215 g/mol. The molecule has 1 fully saturated rings. The van der Waals surface area contributed by atoms with Crippen molar-refractivity contribution in [2.45, 2.75) is 18.5 Å². The van der Waals surface area contributed by atoms with Gasteiger partial charge in [-0.2, -0.15) is 0 Å². The van der Waals surface area contributed by atoms with Gasteiger partial charge in [0.1, 0.15) is 5.67 Å². The van der Waals surface area contributed by atoms with Crippen LogP contribution in [0.25, 0.3) is 0 Å². The zero-order chi connectivity index (χ0) is 9.15. The molecular formula is C11H15ClFN. The first kappa shape index (κ1) is 11.5. The number of piperidine rings is 1. The molecule has 1 N–H and O–H groups in total. The first-order chi connectivity index (χ1) is 6.31. The lowest BCUT2D eigenvalue weighted by Gasteiger charge is -2.30. The minimum atomic E-state index is -1.09. The Kier molecular flexibility index (Phi) is 3.90. The van der Waals surface area contributed by atoms with Crippen molar-refractivity contribution < 1.29 is 4.39 Å². The first-order valence-electron chi connectivity index (χ1n) is 4.76. The fourth-order valence-corrected chi connectivity index (χ4v) is 1.85. The number of alkyl halides is 1. The Balaban J connectivity index is 0.000000980. The van der Waals surface area contributed by atoms with Crippen LogP contribution in [0.4, 0.5) is 4.39 Å². The molecule has 1 heterocycles. The highest BCUT2D eigenvalue weighted by atomic mass is 35.5. The van der Waals surface area contributed by atoms with Gasteiger partial charge >= 0.3 is 0 Å². The normalized spacial score (nSPS) is 19.8. The van der Waals surface area contributed by atoms with Crippen LogP contribution in [0.5, 0.6) is 0 Å². The second-order valence-corrected chi connectivity index (χ2v) is 3.58. The van der Waals surface area contributed by atoms with Gasteiger partial charge in [0, 0.05) is 0 Å². The second kappa shape index (κ2) is 4.76. The van der Waals surface area contributed by atoms with Crippen LogP contribution in [0.15, 0.2) is 30.3 Å². The number of rotatable bonds is 1. The fraction of sp³-hybridized carbons (Fsp3) is 0.455. The molecule has 1 aliphatic heterocycles. The van der Waals surface area contributed by atoms with Crippen LogP contribution in [-0.2, 0) is 5.67 Å². The molecule has 1 saturated heterocycles. The molecule has 0 radical (unpaired) electrons. The van der Waals surface area contributed by atoms with E-state index in [1.165, 1.54) is 0 Å². The van der Waals surface area contributed by atoms with Crippen LogP contribution in [0.1, 0.15) is 18.4 Å². The average Bonchev–Trinajstić information content (AvgIpc) is 2.20. The molecule has 0 unspecified atom stereocenters. The first-order valence-corrected chi connectivity index (χ1v) is 4.76. The van der Waals surface area contributed by atoms with E-state index in [1.807, 2.05) is 30.3 Å². The minimum absolute atomic E-state index is 0. The molecule has 0 saturated carbocycles. The molecule has 2 rings (SSSR count). The Bertz CT molecular complexity index is 270. The van der Waals surface area contributed by atoms with Crippen molar-refractivity contribution in [1.29, 1.82) is 0 Å². The Morgan fingerprint density at radius 2 is 1.64 bits per heavy atom. The van der Waals surface area contributed by atoms with E-state index in [4.69, 9.17) is 0 Å². The van der Waals surface area contributed by atoms with Gasteiger partial charge in [0.25, 0.3) is 0 Å². The van der Waals surface area contributed by atoms with Crippen molar-refractivity contribution in [1.82, 2.24) is 5.32 Å². The summed E-state index contributed by atoms with van der Waals surface area (Å²) >= 11 is 0. The van der Waals surface area contributed by atoms with Crippen molar-refractivity contribution in [3.8, 4) is 0 Å². The zero-order valence-corrected chi connectivity index (χ0v) is 8.82. The molecule has 1 aromatic rings. The SMILES string of the molecule is Cl.FC1(c2ccccc2)CCNCC1. The quantitative estimate of drug-likeness (QED) is 0.760. The lowest BCUT2D eigenvalue weighted by molar-refractivity contribution is 0.115. The van der Waals surface area contributed by atoms with Gasteiger partial charge in [-0.3, -0.25) is 0 Å². The largest absolute Gasteiger partial charge is 0.316 e. The lowest BCUT2D eigenvalue weighted by Crippen LogP contribution is -2.36. The highest BCUT2D eigenvalue weighted by Crippen LogP contribution is 2.34. The van der Waals surface area contributed by atoms with Crippen molar-refractivity contribution in [2.75, 3.05) is 13.1 Å². The smallest absolute Gasteiger partial charge is 0.138 e. The van der Waals surface area contributed by atoms with E-state index in [-0.39, 0.29) is 12.4 Å². The molecule has 0 aromatic heterocycles. The van der Waals surface area contributed by atoms with Gasteiger partial charge in [-0.15, -0.1) is 12.4 Å². The highest BCUT2D eigenvalue weighted by molar-refractivity contribution is 5.85. The molecular weight excluding hydrogens is 201 g/mol. The van der Waals surface area contributed by atoms with Gasteiger partial charge in [-0.1, -0.05) is 30.3 Å². The van der Waals surface area contributed by atoms with Crippen LogP contribution >= 0.6 is 12.4 Å². The van der Waals surface area contributed by atoms with Crippen molar-refractivity contribution in [3.05, 3.63) is 35.9 Å². The van der Waals surface area contributed by atoms with Crippen molar-refractivity contribution in [2.24, 2.45) is 0 Å². The van der Waals surface area contributed by atoms with Crippen molar-refractivity contribution >= 4 is 12.4 Å². The molecule has 78 valence electrons. The summed E-state index contributed by atoms with van der Waals surface area (Å²) in [5.74, 6) is 0. The summed E-state index contributed by atoms with van der Waals surface area (Å²) in [7, 11) is 0. The van der Waals surface area contributed by atoms with E-state index in [0.717, 1.165) is 18.7 Å². The van der Waals surface area contributed by atoms with Gasteiger partial charge in [0.05, 0.1) is 0 Å². The molecule has 1 aromatic carbocycles. The topological polar surface area (TPSA) is 12.0 Å². The molecule has 14 heavy (non-hydrogen) atoms. The summed E-state index contributed by atoms with van der Waals surface area (Å²) < 4.78 is 14.3. The van der Waals surface area contributed by atoms with Crippen LogP contribution < -0.4 is 5.32 Å². The Morgan fingerprint density at radius 3 is 2.21 bits per heavy atom. The maximum Gasteiger partial charge on any atom is 0.138 e. The number of hydrogen-bond acceptors (Lipinski definition) is 1. The Morgan fingerprint density at radius 1 is 1.07 bits per heavy atom. The zero-order valence-electron chi connectivity index (χ0n) is 8.00. The fourth-order valence-electron chi connectivity index (χ4n) is 1.85. The van der Waals surface area contributed by atoms with Gasteiger partial charge in [-0.25, -0.2) is 4.39 Å². The minimum Gasteiger partial charge on any atom is -0.316 e. The van der Waals surface area contributed by atoms with Crippen molar-refractivity contribution in [3.63, 3.8) is 0 Å². The second-order valence-electron chi connectivity index (χ2n) is 3.58. The molecule has 0 atom stereocenters. The number of benzene rings is 1. The van der Waals surface area contributed by atoms with E-state index in [9.17, 15) is 4.39 Å². The van der Waals surface area contributed by atoms with E-state index in [0.29, 0.717) is 12.8 Å². The van der Waals surface area contributed by atoms with Crippen LogP contribution in [0, 0.1) is 0 Å². The Hall–Kier alpha value is -0.600. The summed E-state index contributed by atoms with van der Waals surface area (Å²) in [5.41, 5.74) is -0.261. The third-order valence-corrected chi connectivity index (χ3v) is 2.69. The molecule has 3 heteroatoms. The maximum absolute atomic E-state index is 14.3. The summed E-state index contributed by atoms with van der Waals surface area (Å²) in [5, 5.41) is 3.17. The molecule has 0 amide bonds. The van der Waals surface area contributed by atoms with Gasteiger partial charge in [0.2, 0.25) is 0 Å². The number of nitrogens with one attached hydrogen (secondary N) is 1. The number of hydrogen-bond donors (Lipinski definition) is 1. The average molecular weight is 216 g/mol. The van der Waals surface area contributed by atoms with Gasteiger partial charge in [-0.05, 0) is 31.5 Å². The molecule has 0 aliphatic carbocycles. The lowest BCUT2D eigenvalue weighted by atomic mass is 9.87. The van der Waals surface area contributed by atoms with Crippen LogP contribution in [0.3, 0.4) is 0 Å². The molecule has 0 bridgehead atoms. The summed E-state index contributed by atoms with van der Waals surface area (Å²) in [4.78, 5) is 0. The highest BCUT2D eigenvalue weighted by Gasteiger charge is 2.32. The van der Waals surface area contributed by atoms with E-state index in [2.05, 4.69) is 5.32 Å². The summed E-state index contributed by atoms with van der Waals surface area (Å²) in [6.07, 6.45) is 1.19. The molecule has 1 aliphatic rings. The summed E-state index contributed by atoms with van der Waals surface area (Å²) in [6.45, 7) is 1.57. The molecule has 1 nitrogen and oxygen atoms in total. The maximum atomic E-state index is 14.3. The van der Waals surface area contributed by atoms with Gasteiger partial charge in [0.15, 0.2) is 0 Å². The van der Waals surface area contributed by atoms with Gasteiger partial charge < -0.3 is 5.32 Å². The Labute approximate surface area is 90.1 Å². The third kappa shape index (κ3) is 2.25. The summed E-state index contributed by atoms with van der Waals surface area (Å²) in [6, 6.07) is 9.49. The van der Waals surface area contributed by atoms with Crippen LogP contribution in [0.2, 0.25) is 0 Å². The predicted molar refractivity (Wildman–Crippen MR) is 58.6 cm³/mol. The van der Waals surface area contributed by atoms with Crippen LogP contribution in [-0.4, -0.2) is 13.1 Å². The van der Waals surface area contributed by atoms with E-state index >= 15 is 0 Å².